The molecule has 9 nitrogen and oxygen atoms in total. The number of rotatable bonds is 10. The number of aliphatic hydroxyl groups is 1. The second-order valence-electron chi connectivity index (χ2n) is 7.96. The zero-order valence-electron chi connectivity index (χ0n) is 17.8. The first-order valence-electron chi connectivity index (χ1n) is 10.3. The number of anilines is 3. The van der Waals surface area contributed by atoms with Gasteiger partial charge in [0.15, 0.2) is 17.5 Å². The molecule has 176 valence electrons. The molecule has 1 atom stereocenters. The van der Waals surface area contributed by atoms with Crippen molar-refractivity contribution in [3.8, 4) is 0 Å². The molecular formula is C21H24F2N6O3S. The number of pyridine rings is 1. The van der Waals surface area contributed by atoms with Crippen LogP contribution in [0.3, 0.4) is 0 Å². The summed E-state index contributed by atoms with van der Waals surface area (Å²) in [6.07, 6.45) is 3.15. The highest BCUT2D eigenvalue weighted by Gasteiger charge is 2.26. The smallest absolute Gasteiger partial charge is 0.209 e. The van der Waals surface area contributed by atoms with E-state index in [0.717, 1.165) is 30.9 Å². The maximum Gasteiger partial charge on any atom is 0.209 e. The molecule has 0 radical (unpaired) electrons. The second kappa shape index (κ2) is 9.41. The molecule has 1 saturated carbocycles. The summed E-state index contributed by atoms with van der Waals surface area (Å²) in [6, 6.07) is 7.77. The molecule has 1 aromatic carbocycles. The minimum atomic E-state index is -3.55. The molecule has 0 unspecified atom stereocenters. The van der Waals surface area contributed by atoms with Crippen LogP contribution >= 0.6 is 0 Å². The number of aliphatic hydroxyl groups excluding tert-OH is 1. The number of benzene rings is 1. The van der Waals surface area contributed by atoms with Gasteiger partial charge in [0.2, 0.25) is 10.0 Å². The van der Waals surface area contributed by atoms with Crippen molar-refractivity contribution in [1.29, 1.82) is 0 Å². The lowest BCUT2D eigenvalue weighted by molar-refractivity contribution is 0.276. The zero-order valence-corrected chi connectivity index (χ0v) is 18.6. The molecule has 0 amide bonds. The molecule has 0 aliphatic heterocycles. The summed E-state index contributed by atoms with van der Waals surface area (Å²) in [7, 11) is -3.55. The average molecular weight is 479 g/mol. The van der Waals surface area contributed by atoms with Gasteiger partial charge < -0.3 is 15.7 Å². The van der Waals surface area contributed by atoms with E-state index in [0.29, 0.717) is 17.3 Å². The Morgan fingerprint density at radius 2 is 1.91 bits per heavy atom. The van der Waals surface area contributed by atoms with E-state index in [9.17, 15) is 22.3 Å². The minimum absolute atomic E-state index is 0.120. The van der Waals surface area contributed by atoms with Crippen molar-refractivity contribution in [3.63, 3.8) is 0 Å². The van der Waals surface area contributed by atoms with Crippen molar-refractivity contribution in [1.82, 2.24) is 19.9 Å². The molecule has 1 aliphatic rings. The lowest BCUT2D eigenvalue weighted by Gasteiger charge is -2.21. The standard InChI is InChI=1S/C21H24F2N6O3S/c1-33(31,32)24-10-14-8-16(23)21(26-19-9-17(28-29-19)12-2-3-12)27-20(14)25-18(11-30)13-4-6-15(22)7-5-13/h4-9,12,18,24,30H,2-3,10-11H2,1H3,(H3,25,26,27,28,29)/t18-/m0/s1. The lowest BCUT2D eigenvalue weighted by Crippen LogP contribution is -2.24. The van der Waals surface area contributed by atoms with Gasteiger partial charge in [0.25, 0.3) is 0 Å². The van der Waals surface area contributed by atoms with Crippen LogP contribution in [-0.4, -0.2) is 41.6 Å². The van der Waals surface area contributed by atoms with Crippen LogP contribution in [0.4, 0.5) is 26.2 Å². The monoisotopic (exact) mass is 478 g/mol. The molecule has 1 aliphatic carbocycles. The fraction of sp³-hybridized carbons (Fsp3) is 0.333. The number of nitrogens with zero attached hydrogens (tertiary/aromatic N) is 2. The summed E-state index contributed by atoms with van der Waals surface area (Å²) in [6.45, 7) is -0.586. The maximum atomic E-state index is 14.8. The van der Waals surface area contributed by atoms with E-state index in [4.69, 9.17) is 0 Å². The molecule has 0 spiro atoms. The highest BCUT2D eigenvalue weighted by atomic mass is 32.2. The van der Waals surface area contributed by atoms with Crippen LogP contribution in [0.1, 0.15) is 41.6 Å². The number of H-pyrrole nitrogens is 1. The van der Waals surface area contributed by atoms with Crippen LogP contribution in [0.25, 0.3) is 0 Å². The predicted octanol–water partition coefficient (Wildman–Crippen LogP) is 2.90. The number of hydrogen-bond acceptors (Lipinski definition) is 7. The lowest BCUT2D eigenvalue weighted by atomic mass is 10.1. The second-order valence-corrected chi connectivity index (χ2v) is 9.79. The molecular weight excluding hydrogens is 454 g/mol. The van der Waals surface area contributed by atoms with E-state index in [1.807, 2.05) is 0 Å². The fourth-order valence-electron chi connectivity index (χ4n) is 3.30. The summed E-state index contributed by atoms with van der Waals surface area (Å²) >= 11 is 0. The van der Waals surface area contributed by atoms with Gasteiger partial charge in [0.05, 0.1) is 18.9 Å². The Bertz CT molecular complexity index is 1230. The van der Waals surface area contributed by atoms with Gasteiger partial charge in [-0.05, 0) is 36.6 Å². The average Bonchev–Trinajstić information content (AvgIpc) is 3.52. The van der Waals surface area contributed by atoms with Crippen molar-refractivity contribution in [3.05, 3.63) is 64.9 Å². The number of sulfonamides is 1. The van der Waals surface area contributed by atoms with Gasteiger partial charge in [-0.2, -0.15) is 5.10 Å². The van der Waals surface area contributed by atoms with Crippen molar-refractivity contribution in [2.45, 2.75) is 31.3 Å². The summed E-state index contributed by atoms with van der Waals surface area (Å²) < 4.78 is 53.6. The third kappa shape index (κ3) is 6.03. The Morgan fingerprint density at radius 3 is 2.55 bits per heavy atom. The van der Waals surface area contributed by atoms with E-state index in [2.05, 4.69) is 30.5 Å². The van der Waals surface area contributed by atoms with Gasteiger partial charge in [-0.15, -0.1) is 0 Å². The molecule has 2 heterocycles. The van der Waals surface area contributed by atoms with Crippen LogP contribution in [0.15, 0.2) is 36.4 Å². The van der Waals surface area contributed by atoms with Gasteiger partial charge in [0, 0.05) is 29.8 Å². The predicted molar refractivity (Wildman–Crippen MR) is 120 cm³/mol. The Morgan fingerprint density at radius 1 is 1.18 bits per heavy atom. The number of aromatic amines is 1. The topological polar surface area (TPSA) is 132 Å². The molecule has 5 N–H and O–H groups in total. The highest BCUT2D eigenvalue weighted by Crippen LogP contribution is 2.39. The van der Waals surface area contributed by atoms with E-state index >= 15 is 0 Å². The Balaban J connectivity index is 1.63. The van der Waals surface area contributed by atoms with Crippen molar-refractivity contribution in [2.24, 2.45) is 0 Å². The third-order valence-electron chi connectivity index (χ3n) is 5.21. The molecule has 1 fully saturated rings. The summed E-state index contributed by atoms with van der Waals surface area (Å²) in [5, 5.41) is 22.8. The molecule has 0 bridgehead atoms. The van der Waals surface area contributed by atoms with Crippen molar-refractivity contribution < 1.29 is 22.3 Å². The number of aromatic nitrogens is 3. The summed E-state index contributed by atoms with van der Waals surface area (Å²) in [5.41, 5.74) is 1.76. The van der Waals surface area contributed by atoms with Gasteiger partial charge >= 0.3 is 0 Å². The maximum absolute atomic E-state index is 14.8. The highest BCUT2D eigenvalue weighted by molar-refractivity contribution is 7.88. The number of hydrogen-bond donors (Lipinski definition) is 5. The molecule has 33 heavy (non-hydrogen) atoms. The third-order valence-corrected chi connectivity index (χ3v) is 5.88. The Labute approximate surface area is 189 Å². The van der Waals surface area contributed by atoms with Crippen LogP contribution in [0.2, 0.25) is 0 Å². The normalized spacial score (nSPS) is 14.8. The van der Waals surface area contributed by atoms with Gasteiger partial charge in [-0.25, -0.2) is 26.9 Å². The SMILES string of the molecule is CS(=O)(=O)NCc1cc(F)c(Nc2cc(C3CC3)[nH]n2)nc1N[C@@H](CO)c1ccc(F)cc1. The number of nitrogens with one attached hydrogen (secondary N) is 4. The fourth-order valence-corrected chi connectivity index (χ4v) is 3.72. The summed E-state index contributed by atoms with van der Waals surface area (Å²) in [4.78, 5) is 4.30. The van der Waals surface area contributed by atoms with E-state index in [-0.39, 0.29) is 30.4 Å². The van der Waals surface area contributed by atoms with E-state index in [1.165, 1.54) is 24.3 Å². The Hall–Kier alpha value is -3.09. The zero-order chi connectivity index (χ0) is 23.6. The van der Waals surface area contributed by atoms with E-state index < -0.39 is 27.7 Å². The van der Waals surface area contributed by atoms with Gasteiger partial charge in [0.1, 0.15) is 11.6 Å². The largest absolute Gasteiger partial charge is 0.394 e. The molecule has 3 aromatic rings. The van der Waals surface area contributed by atoms with Crippen LogP contribution in [-0.2, 0) is 16.6 Å². The van der Waals surface area contributed by atoms with Crippen molar-refractivity contribution in [2.75, 3.05) is 23.5 Å². The number of halogens is 2. The first-order valence-corrected chi connectivity index (χ1v) is 12.2. The van der Waals surface area contributed by atoms with E-state index in [1.54, 1.807) is 6.07 Å². The minimum Gasteiger partial charge on any atom is -0.394 e. The van der Waals surface area contributed by atoms with Gasteiger partial charge in [-0.3, -0.25) is 5.10 Å². The molecule has 4 rings (SSSR count). The molecule has 0 saturated heterocycles. The van der Waals surface area contributed by atoms with Crippen molar-refractivity contribution >= 4 is 27.5 Å². The van der Waals surface area contributed by atoms with Gasteiger partial charge in [-0.1, -0.05) is 12.1 Å². The first kappa shape index (κ1) is 23.1. The molecule has 2 aromatic heterocycles. The molecule has 12 heteroatoms. The quantitative estimate of drug-likeness (QED) is 0.303. The summed E-state index contributed by atoms with van der Waals surface area (Å²) in [5.74, 6) is -0.266. The Kier molecular flexibility index (Phi) is 6.58. The first-order chi connectivity index (χ1) is 15.7. The van der Waals surface area contributed by atoms with Crippen LogP contribution in [0.5, 0.6) is 0 Å². The van der Waals surface area contributed by atoms with Crippen LogP contribution < -0.4 is 15.4 Å². The van der Waals surface area contributed by atoms with Crippen LogP contribution in [0, 0.1) is 11.6 Å².